The van der Waals surface area contributed by atoms with Gasteiger partial charge in [-0.05, 0) is 56.3 Å². The number of fused-ring (bicyclic) bond motifs is 1. The van der Waals surface area contributed by atoms with Crippen molar-refractivity contribution in [2.45, 2.75) is 20.4 Å². The Labute approximate surface area is 176 Å². The average Bonchev–Trinajstić information content (AvgIpc) is 3.03. The maximum absolute atomic E-state index is 13.6. The Morgan fingerprint density at radius 1 is 1.03 bits per heavy atom. The van der Waals surface area contributed by atoms with Gasteiger partial charge < -0.3 is 18.8 Å². The molecule has 0 fully saturated rings. The lowest BCUT2D eigenvalue weighted by Crippen LogP contribution is -2.24. The molecule has 9 heteroatoms. The van der Waals surface area contributed by atoms with Gasteiger partial charge in [0.05, 0.1) is 23.4 Å². The fourth-order valence-corrected chi connectivity index (χ4v) is 3.78. The summed E-state index contributed by atoms with van der Waals surface area (Å²) in [6.45, 7) is 3.97. The van der Waals surface area contributed by atoms with Gasteiger partial charge in [-0.15, -0.1) is 0 Å². The number of benzene rings is 2. The SMILES string of the molecule is CCOC(=O)Cn1c(=NC(=O)COc2ccc(OCC)cc2)sc2cc(F)ccc21. The molecule has 2 aromatic carbocycles. The zero-order valence-electron chi connectivity index (χ0n) is 16.6. The Bertz CT molecular complexity index is 1100. The number of halogens is 1. The van der Waals surface area contributed by atoms with Gasteiger partial charge in [-0.25, -0.2) is 4.39 Å². The quantitative estimate of drug-likeness (QED) is 0.511. The van der Waals surface area contributed by atoms with Gasteiger partial charge in [0, 0.05) is 0 Å². The highest BCUT2D eigenvalue weighted by Gasteiger charge is 2.13. The molecule has 1 amide bonds. The fourth-order valence-electron chi connectivity index (χ4n) is 2.70. The van der Waals surface area contributed by atoms with Crippen LogP contribution in [0.5, 0.6) is 11.5 Å². The van der Waals surface area contributed by atoms with E-state index in [0.29, 0.717) is 28.3 Å². The van der Waals surface area contributed by atoms with Crippen molar-refractivity contribution in [3.05, 3.63) is 53.1 Å². The monoisotopic (exact) mass is 432 g/mol. The van der Waals surface area contributed by atoms with Crippen molar-refractivity contribution in [2.75, 3.05) is 19.8 Å². The Kier molecular flexibility index (Phi) is 7.18. The molecule has 3 aromatic rings. The van der Waals surface area contributed by atoms with Gasteiger partial charge >= 0.3 is 5.97 Å². The fraction of sp³-hybridized carbons (Fsp3) is 0.286. The van der Waals surface area contributed by atoms with Crippen LogP contribution in [-0.2, 0) is 20.9 Å². The van der Waals surface area contributed by atoms with Crippen molar-refractivity contribution in [2.24, 2.45) is 4.99 Å². The summed E-state index contributed by atoms with van der Waals surface area (Å²) in [5.74, 6) is -0.212. The summed E-state index contributed by atoms with van der Waals surface area (Å²) in [5, 5.41) is 0. The Balaban J connectivity index is 1.81. The van der Waals surface area contributed by atoms with E-state index in [-0.39, 0.29) is 24.6 Å². The summed E-state index contributed by atoms with van der Waals surface area (Å²) >= 11 is 1.11. The van der Waals surface area contributed by atoms with Crippen molar-refractivity contribution < 1.29 is 28.2 Å². The van der Waals surface area contributed by atoms with Gasteiger partial charge in [0.25, 0.3) is 5.91 Å². The summed E-state index contributed by atoms with van der Waals surface area (Å²) in [7, 11) is 0. The third-order valence-corrected chi connectivity index (χ3v) is 5.00. The lowest BCUT2D eigenvalue weighted by atomic mass is 10.3. The Hall–Kier alpha value is -3.20. The van der Waals surface area contributed by atoms with Crippen LogP contribution >= 0.6 is 11.3 Å². The number of rotatable bonds is 8. The number of aromatic nitrogens is 1. The van der Waals surface area contributed by atoms with E-state index in [9.17, 15) is 14.0 Å². The van der Waals surface area contributed by atoms with Gasteiger partial charge in [0.15, 0.2) is 11.4 Å². The van der Waals surface area contributed by atoms with Crippen LogP contribution in [0.25, 0.3) is 10.2 Å². The lowest BCUT2D eigenvalue weighted by Gasteiger charge is -2.06. The first-order valence-corrected chi connectivity index (χ1v) is 10.2. The number of nitrogens with zero attached hydrogens (tertiary/aromatic N) is 2. The molecule has 0 aliphatic rings. The molecule has 0 atom stereocenters. The van der Waals surface area contributed by atoms with Gasteiger partial charge in [0.2, 0.25) is 0 Å². The van der Waals surface area contributed by atoms with Crippen molar-refractivity contribution >= 4 is 33.4 Å². The molecule has 1 heterocycles. The first kappa shape index (κ1) is 21.5. The first-order chi connectivity index (χ1) is 14.5. The highest BCUT2D eigenvalue weighted by Crippen LogP contribution is 2.19. The largest absolute Gasteiger partial charge is 0.494 e. The predicted molar refractivity (Wildman–Crippen MR) is 110 cm³/mol. The standard InChI is InChI=1S/C21H21FN2O5S/c1-3-27-15-6-8-16(9-7-15)29-13-19(25)23-21-24(12-20(26)28-4-2)17-10-5-14(22)11-18(17)30-21/h5-11H,3-4,12-13H2,1-2H3. The number of esters is 1. The molecule has 30 heavy (non-hydrogen) atoms. The van der Waals surface area contributed by atoms with Gasteiger partial charge in [-0.3, -0.25) is 9.59 Å². The van der Waals surface area contributed by atoms with Gasteiger partial charge in [0.1, 0.15) is 23.9 Å². The minimum Gasteiger partial charge on any atom is -0.494 e. The molecule has 158 valence electrons. The van der Waals surface area contributed by atoms with E-state index in [2.05, 4.69) is 4.99 Å². The van der Waals surface area contributed by atoms with Crippen LogP contribution in [0.4, 0.5) is 4.39 Å². The summed E-state index contributed by atoms with van der Waals surface area (Å²) in [6, 6.07) is 11.0. The minimum atomic E-state index is -0.534. The van der Waals surface area contributed by atoms with E-state index >= 15 is 0 Å². The Morgan fingerprint density at radius 3 is 2.40 bits per heavy atom. The third kappa shape index (κ3) is 5.44. The second kappa shape index (κ2) is 10.0. The normalized spacial score (nSPS) is 11.5. The summed E-state index contributed by atoms with van der Waals surface area (Å²) in [6.07, 6.45) is 0. The number of hydrogen-bond acceptors (Lipinski definition) is 6. The average molecular weight is 432 g/mol. The zero-order chi connectivity index (χ0) is 21.5. The maximum Gasteiger partial charge on any atom is 0.326 e. The number of amides is 1. The maximum atomic E-state index is 13.6. The molecule has 0 unspecified atom stereocenters. The van der Waals surface area contributed by atoms with Crippen molar-refractivity contribution in [3.63, 3.8) is 0 Å². The predicted octanol–water partition coefficient (Wildman–Crippen LogP) is 3.31. The molecule has 0 aliphatic carbocycles. The summed E-state index contributed by atoms with van der Waals surface area (Å²) < 4.78 is 31.5. The van der Waals surface area contributed by atoms with Crippen LogP contribution < -0.4 is 14.3 Å². The molecule has 0 bridgehead atoms. The van der Waals surface area contributed by atoms with Crippen LogP contribution in [0.2, 0.25) is 0 Å². The van der Waals surface area contributed by atoms with Crippen molar-refractivity contribution in [1.82, 2.24) is 4.57 Å². The minimum absolute atomic E-state index is 0.134. The molecule has 0 radical (unpaired) electrons. The van der Waals surface area contributed by atoms with Crippen LogP contribution in [0, 0.1) is 5.82 Å². The van der Waals surface area contributed by atoms with Crippen LogP contribution in [-0.4, -0.2) is 36.3 Å². The number of carbonyl (C=O) groups is 2. The van der Waals surface area contributed by atoms with E-state index in [4.69, 9.17) is 14.2 Å². The van der Waals surface area contributed by atoms with Gasteiger partial charge in [-0.1, -0.05) is 11.3 Å². The lowest BCUT2D eigenvalue weighted by molar-refractivity contribution is -0.143. The van der Waals surface area contributed by atoms with E-state index in [1.165, 1.54) is 16.7 Å². The molecule has 0 saturated heterocycles. The molecule has 0 N–H and O–H groups in total. The van der Waals surface area contributed by atoms with E-state index in [1.807, 2.05) is 6.92 Å². The Morgan fingerprint density at radius 2 is 1.73 bits per heavy atom. The molecular formula is C21H21FN2O5S. The smallest absolute Gasteiger partial charge is 0.326 e. The van der Waals surface area contributed by atoms with E-state index < -0.39 is 17.7 Å². The number of hydrogen-bond donors (Lipinski definition) is 0. The molecule has 0 spiro atoms. The molecular weight excluding hydrogens is 411 g/mol. The highest BCUT2D eigenvalue weighted by molar-refractivity contribution is 7.16. The zero-order valence-corrected chi connectivity index (χ0v) is 17.4. The van der Waals surface area contributed by atoms with Crippen LogP contribution in [0.3, 0.4) is 0 Å². The summed E-state index contributed by atoms with van der Waals surface area (Å²) in [4.78, 5) is 28.7. The molecule has 0 saturated carbocycles. The third-order valence-electron chi connectivity index (χ3n) is 3.95. The highest BCUT2D eigenvalue weighted by atomic mass is 32.1. The number of carbonyl (C=O) groups excluding carboxylic acids is 2. The molecule has 3 rings (SSSR count). The van der Waals surface area contributed by atoms with E-state index in [0.717, 1.165) is 11.3 Å². The van der Waals surface area contributed by atoms with Crippen molar-refractivity contribution in [3.8, 4) is 11.5 Å². The number of thiazole rings is 1. The van der Waals surface area contributed by atoms with E-state index in [1.54, 1.807) is 37.3 Å². The molecule has 1 aromatic heterocycles. The molecule has 7 nitrogen and oxygen atoms in total. The van der Waals surface area contributed by atoms with Crippen LogP contribution in [0.15, 0.2) is 47.5 Å². The summed E-state index contributed by atoms with van der Waals surface area (Å²) in [5.41, 5.74) is 0.591. The van der Waals surface area contributed by atoms with Crippen LogP contribution in [0.1, 0.15) is 13.8 Å². The second-order valence-electron chi connectivity index (χ2n) is 6.09. The topological polar surface area (TPSA) is 79.1 Å². The van der Waals surface area contributed by atoms with Crippen molar-refractivity contribution in [1.29, 1.82) is 0 Å². The first-order valence-electron chi connectivity index (χ1n) is 9.38. The van der Waals surface area contributed by atoms with Gasteiger partial charge in [-0.2, -0.15) is 4.99 Å². The molecule has 0 aliphatic heterocycles. The second-order valence-corrected chi connectivity index (χ2v) is 7.10. The number of ether oxygens (including phenoxy) is 3.